The zero-order chi connectivity index (χ0) is 16.8. The smallest absolute Gasteiger partial charge is 0.243 e. The van der Waals surface area contributed by atoms with Crippen molar-refractivity contribution in [1.82, 2.24) is 10.2 Å². The third-order valence-corrected chi connectivity index (χ3v) is 6.51. The van der Waals surface area contributed by atoms with Gasteiger partial charge in [0.2, 0.25) is 17.7 Å². The first-order valence-corrected chi connectivity index (χ1v) is 9.43. The van der Waals surface area contributed by atoms with Gasteiger partial charge in [-0.25, -0.2) is 0 Å². The minimum Gasteiger partial charge on any atom is -0.352 e. The van der Waals surface area contributed by atoms with Crippen molar-refractivity contribution in [3.63, 3.8) is 0 Å². The van der Waals surface area contributed by atoms with E-state index in [9.17, 15) is 14.4 Å². The van der Waals surface area contributed by atoms with Crippen LogP contribution in [0.1, 0.15) is 51.9 Å². The lowest BCUT2D eigenvalue weighted by Gasteiger charge is -2.38. The van der Waals surface area contributed by atoms with E-state index in [1.165, 1.54) is 11.3 Å². The summed E-state index contributed by atoms with van der Waals surface area (Å²) >= 11 is 0. The van der Waals surface area contributed by atoms with Crippen LogP contribution in [0, 0.1) is 23.7 Å². The average molecular weight is 330 g/mol. The van der Waals surface area contributed by atoms with Crippen molar-refractivity contribution >= 4 is 17.7 Å². The summed E-state index contributed by atoms with van der Waals surface area (Å²) in [6, 6.07) is -0.501. The number of allylic oxidation sites excluding steroid dienone is 2. The van der Waals surface area contributed by atoms with Gasteiger partial charge in [0.05, 0.1) is 11.8 Å². The molecular formula is C19H26N2O3. The number of nitrogens with zero attached hydrogens (tertiary/aromatic N) is 1. The van der Waals surface area contributed by atoms with Gasteiger partial charge in [-0.15, -0.1) is 0 Å². The van der Waals surface area contributed by atoms with Crippen molar-refractivity contribution in [1.29, 1.82) is 0 Å². The molecule has 4 aliphatic carbocycles. The topological polar surface area (TPSA) is 66.5 Å². The maximum Gasteiger partial charge on any atom is 0.243 e. The van der Waals surface area contributed by atoms with E-state index in [-0.39, 0.29) is 47.4 Å². The highest BCUT2D eigenvalue weighted by atomic mass is 16.2. The SMILES string of the molecule is C[C@H](C(=O)NC1CCCCC1)N1C(=O)[C@H]2[C@H](C1=O)[C@H]1C=C[C@H]2CC1. The molecule has 2 bridgehead atoms. The molecule has 5 nitrogen and oxygen atoms in total. The van der Waals surface area contributed by atoms with Crippen LogP contribution in [0.5, 0.6) is 0 Å². The molecule has 5 aliphatic rings. The number of carbonyl (C=O) groups excluding carboxylic acids is 3. The van der Waals surface area contributed by atoms with Gasteiger partial charge in [0.25, 0.3) is 0 Å². The lowest BCUT2D eigenvalue weighted by atomic mass is 9.63. The van der Waals surface area contributed by atoms with Gasteiger partial charge in [-0.1, -0.05) is 31.4 Å². The number of nitrogens with one attached hydrogen (secondary N) is 1. The molecule has 5 rings (SSSR count). The van der Waals surface area contributed by atoms with Crippen molar-refractivity contribution in [2.75, 3.05) is 0 Å². The Kier molecular flexibility index (Phi) is 3.97. The predicted octanol–water partition coefficient (Wildman–Crippen LogP) is 2.02. The second-order valence-corrected chi connectivity index (χ2v) is 7.91. The summed E-state index contributed by atoms with van der Waals surface area (Å²) in [6.45, 7) is 1.70. The van der Waals surface area contributed by atoms with Crippen molar-refractivity contribution in [3.05, 3.63) is 12.2 Å². The first-order valence-electron chi connectivity index (χ1n) is 9.43. The monoisotopic (exact) mass is 330 g/mol. The van der Waals surface area contributed by atoms with E-state index in [4.69, 9.17) is 0 Å². The van der Waals surface area contributed by atoms with Gasteiger partial charge in [-0.2, -0.15) is 0 Å². The quantitative estimate of drug-likeness (QED) is 0.636. The van der Waals surface area contributed by atoms with Crippen molar-refractivity contribution in [2.45, 2.75) is 64.0 Å². The molecule has 1 aliphatic heterocycles. The van der Waals surface area contributed by atoms with Crippen LogP contribution >= 0.6 is 0 Å². The molecule has 5 atom stereocenters. The standard InChI is InChI=1S/C19H26N2O3/c1-11(17(22)20-14-5-3-2-4-6-14)21-18(23)15-12-7-8-13(10-9-12)16(15)19(21)24/h7-8,11-16H,2-6,9-10H2,1H3,(H,20,22)/t11-,12+,13+,15-,16-/m1/s1. The van der Waals surface area contributed by atoms with E-state index in [1.54, 1.807) is 6.92 Å². The Morgan fingerprint density at radius 2 is 1.54 bits per heavy atom. The molecule has 1 N–H and O–H groups in total. The summed E-state index contributed by atoms with van der Waals surface area (Å²) < 4.78 is 0. The summed E-state index contributed by atoms with van der Waals surface area (Å²) in [5, 5.41) is 3.06. The molecule has 1 heterocycles. The Morgan fingerprint density at radius 3 is 2.04 bits per heavy atom. The zero-order valence-electron chi connectivity index (χ0n) is 14.2. The highest BCUT2D eigenvalue weighted by Crippen LogP contribution is 2.49. The Labute approximate surface area is 142 Å². The largest absolute Gasteiger partial charge is 0.352 e. The third-order valence-electron chi connectivity index (χ3n) is 6.51. The number of amides is 3. The molecule has 0 aromatic heterocycles. The summed E-state index contributed by atoms with van der Waals surface area (Å²) in [4.78, 5) is 39.6. The molecule has 0 aromatic carbocycles. The molecule has 130 valence electrons. The minimum atomic E-state index is -0.697. The van der Waals surface area contributed by atoms with Crippen molar-refractivity contribution in [3.8, 4) is 0 Å². The Hall–Kier alpha value is -1.65. The van der Waals surface area contributed by atoms with Crippen LogP contribution in [-0.2, 0) is 14.4 Å². The fraction of sp³-hybridized carbons (Fsp3) is 0.737. The average Bonchev–Trinajstić information content (AvgIpc) is 2.89. The molecule has 24 heavy (non-hydrogen) atoms. The van der Waals surface area contributed by atoms with Gasteiger partial charge >= 0.3 is 0 Å². The number of carbonyl (C=O) groups is 3. The first-order chi connectivity index (χ1) is 11.6. The van der Waals surface area contributed by atoms with Gasteiger partial charge in [0.1, 0.15) is 6.04 Å². The molecule has 3 amide bonds. The maximum atomic E-state index is 12.9. The highest BCUT2D eigenvalue weighted by Gasteiger charge is 2.58. The van der Waals surface area contributed by atoms with Crippen LogP contribution in [0.15, 0.2) is 12.2 Å². The van der Waals surface area contributed by atoms with Crippen LogP contribution in [0.3, 0.4) is 0 Å². The molecule has 3 fully saturated rings. The molecule has 1 saturated heterocycles. The number of hydrogen-bond acceptors (Lipinski definition) is 3. The predicted molar refractivity (Wildman–Crippen MR) is 88.7 cm³/mol. The molecule has 0 unspecified atom stereocenters. The fourth-order valence-electron chi connectivity index (χ4n) is 5.16. The first kappa shape index (κ1) is 15.9. The summed E-state index contributed by atoms with van der Waals surface area (Å²) in [5.74, 6) is -0.546. The number of hydrogen-bond donors (Lipinski definition) is 1. The fourth-order valence-corrected chi connectivity index (χ4v) is 5.16. The third kappa shape index (κ3) is 2.40. The van der Waals surface area contributed by atoms with Gasteiger partial charge < -0.3 is 5.32 Å². The second kappa shape index (κ2) is 6.01. The number of rotatable bonds is 3. The highest BCUT2D eigenvalue weighted by molar-refractivity contribution is 6.09. The van der Waals surface area contributed by atoms with Gasteiger partial charge in [0, 0.05) is 6.04 Å². The van der Waals surface area contributed by atoms with Crippen molar-refractivity contribution in [2.24, 2.45) is 23.7 Å². The summed E-state index contributed by atoms with van der Waals surface area (Å²) in [7, 11) is 0. The van der Waals surface area contributed by atoms with Crippen LogP contribution in [-0.4, -0.2) is 34.7 Å². The molecule has 0 radical (unpaired) electrons. The maximum absolute atomic E-state index is 12.9. The van der Waals surface area contributed by atoms with Crippen LogP contribution in [0.2, 0.25) is 0 Å². The van der Waals surface area contributed by atoms with E-state index in [1.807, 2.05) is 0 Å². The Morgan fingerprint density at radius 1 is 1.00 bits per heavy atom. The van der Waals surface area contributed by atoms with Crippen LogP contribution < -0.4 is 5.32 Å². The number of fused-ring (bicyclic) bond motifs is 1. The van der Waals surface area contributed by atoms with Gasteiger partial charge in [-0.3, -0.25) is 19.3 Å². The normalized spacial score (nSPS) is 36.8. The molecule has 0 aromatic rings. The number of imide groups is 1. The van der Waals surface area contributed by atoms with E-state index in [2.05, 4.69) is 17.5 Å². The molecular weight excluding hydrogens is 304 g/mol. The van der Waals surface area contributed by atoms with E-state index < -0.39 is 6.04 Å². The zero-order valence-corrected chi connectivity index (χ0v) is 14.2. The summed E-state index contributed by atoms with van der Waals surface area (Å²) in [6.07, 6.45) is 11.7. The molecule has 5 heteroatoms. The summed E-state index contributed by atoms with van der Waals surface area (Å²) in [5.41, 5.74) is 0. The van der Waals surface area contributed by atoms with Gasteiger partial charge in [0.15, 0.2) is 0 Å². The van der Waals surface area contributed by atoms with Crippen LogP contribution in [0.25, 0.3) is 0 Å². The molecule has 0 spiro atoms. The van der Waals surface area contributed by atoms with Crippen LogP contribution in [0.4, 0.5) is 0 Å². The Balaban J connectivity index is 1.48. The lowest BCUT2D eigenvalue weighted by molar-refractivity contribution is -0.147. The van der Waals surface area contributed by atoms with E-state index in [0.717, 1.165) is 38.5 Å². The molecule has 2 saturated carbocycles. The Bertz CT molecular complexity index is 561. The van der Waals surface area contributed by atoms with E-state index in [0.29, 0.717) is 0 Å². The van der Waals surface area contributed by atoms with E-state index >= 15 is 0 Å². The lowest BCUT2D eigenvalue weighted by Crippen LogP contribution is -2.51. The van der Waals surface area contributed by atoms with Gasteiger partial charge in [-0.05, 0) is 44.4 Å². The minimum absolute atomic E-state index is 0.129. The second-order valence-electron chi connectivity index (χ2n) is 7.91. The van der Waals surface area contributed by atoms with Crippen molar-refractivity contribution < 1.29 is 14.4 Å². The number of likely N-dealkylation sites (tertiary alicyclic amines) is 1.